The molecule has 14 nitrogen and oxygen atoms in total. The van der Waals surface area contributed by atoms with Crippen LogP contribution in [0.5, 0.6) is 0 Å². The molecule has 2 N–H and O–H groups in total. The standard InChI is InChI=1S/C48H26N10O4.Zn/c59-45-32-19-7-8-20-33(32)46(60)57(45)37(58-47(61)34-21-9-10-22-35(34)48(58)62)23-11-12-25-24-36-49-38(25)51-40-28-15-3-4-16-29(28)42(53-40)55-44-31-18-6-5-17-30(31)43(56-44)54-41-27-14-2-1-13-26(27)39(50-36)52-41;/h1-22,24,37H,(H2,49,50,51,52,53,54,55,56);/b12-11-;. The molecule has 0 spiro atoms. The molecular weight excluding hydrogens is 846 g/mol. The van der Waals surface area contributed by atoms with Gasteiger partial charge in [-0.15, -0.1) is 0 Å². The van der Waals surface area contributed by atoms with E-state index in [9.17, 15) is 19.2 Å². The normalized spacial score (nSPS) is 14.0. The Hall–Kier alpha value is -8.29. The van der Waals surface area contributed by atoms with Crippen LogP contribution in [0.3, 0.4) is 0 Å². The first-order chi connectivity index (χ1) is 30.8. The van der Waals surface area contributed by atoms with Crippen LogP contribution in [-0.2, 0) is 17.9 Å². The van der Waals surface area contributed by atoms with Crippen LogP contribution < -0.4 is 0 Å². The van der Waals surface area contributed by atoms with Crippen molar-refractivity contribution in [2.75, 3.05) is 0 Å². The van der Waals surface area contributed by atoms with Gasteiger partial charge in [-0.25, -0.2) is 0 Å². The van der Waals surface area contributed by atoms with Crippen molar-refractivity contribution < 1.29 is 37.0 Å². The number of hydrogen-bond donors (Lipinski definition) is 2. The van der Waals surface area contributed by atoms with Gasteiger partial charge in [-0.2, -0.15) is 0 Å². The summed E-state index contributed by atoms with van der Waals surface area (Å²) in [5, 5.41) is 1.74. The van der Waals surface area contributed by atoms with Crippen molar-refractivity contribution in [2.24, 2.45) is 0 Å². The molecule has 294 valence electrons. The summed E-state index contributed by atoms with van der Waals surface area (Å²) in [6.07, 6.45) is 2.16. The van der Waals surface area contributed by atoms with Gasteiger partial charge in [-0.3, -0.25) is 0 Å². The van der Waals surface area contributed by atoms with Gasteiger partial charge in [0.15, 0.2) is 0 Å². The van der Waals surface area contributed by atoms with Gasteiger partial charge in [0, 0.05) is 5.39 Å². The summed E-state index contributed by atoms with van der Waals surface area (Å²) in [6, 6.07) is 38.1. The fourth-order valence-electron chi connectivity index (χ4n) is 8.59. The van der Waals surface area contributed by atoms with Crippen molar-refractivity contribution in [3.63, 3.8) is 0 Å². The molecule has 4 amide bonds. The molecule has 8 bridgehead atoms. The van der Waals surface area contributed by atoms with Crippen molar-refractivity contribution in [1.82, 2.24) is 49.7 Å². The first-order valence-electron chi connectivity index (χ1n) is 19.9. The van der Waals surface area contributed by atoms with Crippen molar-refractivity contribution >= 4 is 67.2 Å². The summed E-state index contributed by atoms with van der Waals surface area (Å²) in [4.78, 5) is 95.1. The first-order valence-corrected chi connectivity index (χ1v) is 21.4. The van der Waals surface area contributed by atoms with Crippen LogP contribution in [-0.4, -0.2) is 83.6 Å². The maximum absolute atomic E-state index is 14.0. The van der Waals surface area contributed by atoms with E-state index in [4.69, 9.17) is 29.9 Å². The molecule has 12 rings (SSSR count). The molecule has 0 aliphatic carbocycles. The van der Waals surface area contributed by atoms with Crippen molar-refractivity contribution in [1.29, 1.82) is 0 Å². The third-order valence-electron chi connectivity index (χ3n) is 11.6. The van der Waals surface area contributed by atoms with E-state index >= 15 is 0 Å². The summed E-state index contributed by atoms with van der Waals surface area (Å²) in [6.45, 7) is 0. The molecular formula is C48H26N10O4Zn. The number of hydrogen-bond acceptors (Lipinski definition) is 10. The van der Waals surface area contributed by atoms with Gasteiger partial charge >= 0.3 is 337 Å². The van der Waals surface area contributed by atoms with E-state index < -0.39 is 29.8 Å². The van der Waals surface area contributed by atoms with Gasteiger partial charge in [0.1, 0.15) is 0 Å². The van der Waals surface area contributed by atoms with Crippen molar-refractivity contribution in [2.45, 2.75) is 6.17 Å². The van der Waals surface area contributed by atoms with E-state index in [1.54, 1.807) is 66.7 Å². The summed E-state index contributed by atoms with van der Waals surface area (Å²) in [5.74, 6) is -0.614. The topological polar surface area (TPSA) is 184 Å². The molecule has 0 saturated carbocycles. The van der Waals surface area contributed by atoms with E-state index in [1.807, 2.05) is 72.8 Å². The number of benzene rings is 5. The number of rotatable bonds is 5. The zero-order chi connectivity index (χ0) is 42.5. The summed E-state index contributed by atoms with van der Waals surface area (Å²) >= 11 is 0.376. The minimum absolute atomic E-state index is 0.198. The third-order valence-corrected chi connectivity index (χ3v) is 12.8. The number of aromatic amines is 2. The number of H-pyrrole nitrogens is 2. The fraction of sp³-hybridized carbons (Fsp3) is 0.0208. The van der Waals surface area contributed by atoms with Crippen LogP contribution in [0.2, 0.25) is 0 Å². The van der Waals surface area contributed by atoms with E-state index in [0.29, 0.717) is 73.4 Å². The number of carbonyl (C=O) groups is 4. The van der Waals surface area contributed by atoms with Gasteiger partial charge in [0.05, 0.1) is 0 Å². The minimum atomic E-state index is -1.34. The van der Waals surface area contributed by atoms with Gasteiger partial charge in [0.2, 0.25) is 0 Å². The van der Waals surface area contributed by atoms with Gasteiger partial charge in [-0.05, 0) is 0 Å². The second-order valence-electron chi connectivity index (χ2n) is 15.2. The summed E-state index contributed by atoms with van der Waals surface area (Å²) in [7, 11) is 0. The zero-order valence-corrected chi connectivity index (χ0v) is 35.7. The molecule has 8 aromatic rings. The van der Waals surface area contributed by atoms with Gasteiger partial charge in [-0.1, -0.05) is 24.3 Å². The number of aromatic nitrogens is 8. The van der Waals surface area contributed by atoms with Crippen molar-refractivity contribution in [3.8, 4) is 45.6 Å². The van der Waals surface area contributed by atoms with Gasteiger partial charge < -0.3 is 0 Å². The maximum atomic E-state index is 14.0. The molecule has 15 heteroatoms. The molecule has 0 fully saturated rings. The Bertz CT molecular complexity index is 3490. The summed E-state index contributed by atoms with van der Waals surface area (Å²) < 4.78 is 0.480. The Labute approximate surface area is 365 Å². The SMILES string of the molecule is O=C1c2ccccc2C(=O)N1C([C](=[Zn])/C=C\c1cc2nc3nc(nc4[nH]c(nc5nc(nc1[nH]2)-c1ccccc1-5)c1ccccc41)-c1ccccc1-3)N1C(=O)c2ccccc2C1=O. The Morgan fingerprint density at radius 3 is 1.25 bits per heavy atom. The Kier molecular flexibility index (Phi) is 8.05. The predicted molar refractivity (Wildman–Crippen MR) is 230 cm³/mol. The predicted octanol–water partition coefficient (Wildman–Crippen LogP) is 7.37. The molecule has 0 unspecified atom stereocenters. The van der Waals surface area contributed by atoms with Crippen LogP contribution in [0.1, 0.15) is 47.0 Å². The Balaban J connectivity index is 1.06. The number of nitrogens with zero attached hydrogens (tertiary/aromatic N) is 8. The molecule has 0 saturated heterocycles. The molecule has 4 aliphatic heterocycles. The van der Waals surface area contributed by atoms with E-state index in [2.05, 4.69) is 9.97 Å². The number of amides is 4. The molecule has 4 aliphatic rings. The van der Waals surface area contributed by atoms with Crippen LogP contribution in [0, 0.1) is 0 Å². The van der Waals surface area contributed by atoms with E-state index in [-0.39, 0.29) is 22.3 Å². The van der Waals surface area contributed by atoms with Crippen LogP contribution in [0.4, 0.5) is 0 Å². The van der Waals surface area contributed by atoms with Gasteiger partial charge in [0.25, 0.3) is 0 Å². The quantitative estimate of drug-likeness (QED) is 0.131. The second-order valence-corrected chi connectivity index (χ2v) is 16.9. The monoisotopic (exact) mass is 870 g/mol. The Morgan fingerprint density at radius 2 is 0.825 bits per heavy atom. The molecule has 63 heavy (non-hydrogen) atoms. The third kappa shape index (κ3) is 5.63. The molecule has 0 atom stereocenters. The van der Waals surface area contributed by atoms with Crippen LogP contribution in [0.15, 0.2) is 133 Å². The van der Waals surface area contributed by atoms with E-state index in [1.165, 1.54) is 0 Å². The second kappa shape index (κ2) is 13.9. The molecule has 3 aromatic heterocycles. The molecule has 7 heterocycles. The Morgan fingerprint density at radius 1 is 0.460 bits per heavy atom. The summed E-state index contributed by atoms with van der Waals surface area (Å²) in [5.41, 5.74) is 6.51. The van der Waals surface area contributed by atoms with Crippen LogP contribution in [0.25, 0.3) is 85.0 Å². The molecule has 5 aromatic carbocycles. The van der Waals surface area contributed by atoms with E-state index in [0.717, 1.165) is 42.8 Å². The number of nitrogens with one attached hydrogen (secondary N) is 2. The average Bonchev–Trinajstić information content (AvgIpc) is 4.14. The zero-order valence-electron chi connectivity index (χ0n) is 32.8. The number of imide groups is 2. The number of fused-ring (bicyclic) bond motifs is 19. The van der Waals surface area contributed by atoms with Crippen molar-refractivity contribution in [3.05, 3.63) is 161 Å². The molecule has 0 radical (unpaired) electrons. The first kappa shape index (κ1) is 36.6. The average molecular weight is 872 g/mol. The van der Waals surface area contributed by atoms with Crippen LogP contribution >= 0.6 is 0 Å². The number of carbonyl (C=O) groups excluding carboxylic acids is 4. The fourth-order valence-corrected chi connectivity index (χ4v) is 9.61.